The van der Waals surface area contributed by atoms with E-state index in [2.05, 4.69) is 15.8 Å². The summed E-state index contributed by atoms with van der Waals surface area (Å²) in [6, 6.07) is 10.9. The van der Waals surface area contributed by atoms with Crippen LogP contribution >= 0.6 is 23.8 Å². The number of rotatable bonds is 7. The summed E-state index contributed by atoms with van der Waals surface area (Å²) in [5.41, 5.74) is 5.24. The molecule has 0 radical (unpaired) electrons. The van der Waals surface area contributed by atoms with Gasteiger partial charge in [0.2, 0.25) is 0 Å². The van der Waals surface area contributed by atoms with Crippen molar-refractivity contribution in [1.29, 1.82) is 0 Å². The van der Waals surface area contributed by atoms with E-state index in [1.807, 2.05) is 45.0 Å². The van der Waals surface area contributed by atoms with Gasteiger partial charge in [-0.05, 0) is 74.4 Å². The summed E-state index contributed by atoms with van der Waals surface area (Å²) in [6.45, 7) is 6.85. The highest BCUT2D eigenvalue weighted by atomic mass is 35.5. The second kappa shape index (κ2) is 12.0. The van der Waals surface area contributed by atoms with Crippen LogP contribution in [-0.2, 0) is 9.53 Å². The summed E-state index contributed by atoms with van der Waals surface area (Å²) in [7, 11) is 1.54. The lowest BCUT2D eigenvalue weighted by Gasteiger charge is -2.35. The van der Waals surface area contributed by atoms with E-state index >= 15 is 0 Å². The maximum atomic E-state index is 12.6. The molecule has 8 nitrogen and oxygen atoms in total. The molecular weight excluding hydrogens is 476 g/mol. The van der Waals surface area contributed by atoms with E-state index in [1.54, 1.807) is 30.4 Å². The summed E-state index contributed by atoms with van der Waals surface area (Å²) in [5, 5.41) is 8.21. The fourth-order valence-electron chi connectivity index (χ4n) is 3.55. The van der Waals surface area contributed by atoms with Gasteiger partial charge in [0.1, 0.15) is 0 Å². The molecule has 1 fully saturated rings. The van der Waals surface area contributed by atoms with Crippen molar-refractivity contribution in [3.05, 3.63) is 52.5 Å². The molecule has 0 bridgehead atoms. The number of ether oxygens (including phenoxy) is 3. The number of anilines is 1. The first-order chi connectivity index (χ1) is 16.3. The Morgan fingerprint density at radius 1 is 1.26 bits per heavy atom. The number of halogens is 1. The fraction of sp³-hybridized carbons (Fsp3) is 0.375. The second-order valence-corrected chi connectivity index (χ2v) is 8.81. The third kappa shape index (κ3) is 7.06. The molecule has 34 heavy (non-hydrogen) atoms. The Labute approximate surface area is 210 Å². The normalized spacial score (nSPS) is 18.0. The van der Waals surface area contributed by atoms with Crippen LogP contribution in [0.3, 0.4) is 0 Å². The van der Waals surface area contributed by atoms with Crippen LogP contribution in [0.25, 0.3) is 0 Å². The first-order valence-corrected chi connectivity index (χ1v) is 11.6. The molecular formula is C24H29ClN4O4S. The number of nitrogens with zero attached hydrogens (tertiary/aromatic N) is 2. The van der Waals surface area contributed by atoms with Gasteiger partial charge in [-0.1, -0.05) is 17.7 Å². The molecule has 1 saturated heterocycles. The van der Waals surface area contributed by atoms with Gasteiger partial charge in [-0.2, -0.15) is 5.10 Å². The van der Waals surface area contributed by atoms with E-state index in [-0.39, 0.29) is 24.7 Å². The highest BCUT2D eigenvalue weighted by Crippen LogP contribution is 2.28. The fourth-order valence-corrected chi connectivity index (χ4v) is 3.89. The third-order valence-corrected chi connectivity index (χ3v) is 5.81. The van der Waals surface area contributed by atoms with E-state index < -0.39 is 0 Å². The number of carbonyl (C=O) groups is 1. The summed E-state index contributed by atoms with van der Waals surface area (Å²) < 4.78 is 16.8. The smallest absolute Gasteiger partial charge is 0.260 e. The lowest BCUT2D eigenvalue weighted by Crippen LogP contribution is -2.49. The number of benzene rings is 2. The van der Waals surface area contributed by atoms with Gasteiger partial charge < -0.3 is 24.4 Å². The summed E-state index contributed by atoms with van der Waals surface area (Å²) >= 11 is 11.4. The number of hydrogen-bond donors (Lipinski definition) is 2. The van der Waals surface area contributed by atoms with Crippen LogP contribution in [0.2, 0.25) is 5.02 Å². The maximum Gasteiger partial charge on any atom is 0.260 e. The third-order valence-electron chi connectivity index (χ3n) is 5.21. The highest BCUT2D eigenvalue weighted by Gasteiger charge is 2.26. The Morgan fingerprint density at radius 3 is 2.71 bits per heavy atom. The lowest BCUT2D eigenvalue weighted by atomic mass is 10.2. The Bertz CT molecular complexity index is 1060. The van der Waals surface area contributed by atoms with Gasteiger partial charge in [0.05, 0.1) is 25.5 Å². The standard InChI is InChI=1S/C24H29ClN4O4S/c1-15-12-29(13-16(2)33-15)23(30)14-32-21-9-8-18(10-22(21)31-4)11-26-28-24(34)27-20-7-5-6-19(25)17(20)3/h5-11,15-16H,12-14H2,1-4H3,(H2,27,28,34)/b26-11+. The number of hydrazone groups is 1. The molecule has 0 aliphatic carbocycles. The first-order valence-electron chi connectivity index (χ1n) is 10.9. The zero-order chi connectivity index (χ0) is 24.7. The van der Waals surface area contributed by atoms with Gasteiger partial charge in [0.15, 0.2) is 23.2 Å². The average molecular weight is 505 g/mol. The maximum absolute atomic E-state index is 12.6. The minimum absolute atomic E-state index is 0.00650. The molecule has 10 heteroatoms. The van der Waals surface area contributed by atoms with Gasteiger partial charge in [0.25, 0.3) is 5.91 Å². The Morgan fingerprint density at radius 2 is 2.00 bits per heavy atom. The summed E-state index contributed by atoms with van der Waals surface area (Å²) in [4.78, 5) is 14.3. The van der Waals surface area contributed by atoms with Crippen molar-refractivity contribution < 1.29 is 19.0 Å². The van der Waals surface area contributed by atoms with E-state index in [4.69, 9.17) is 38.0 Å². The van der Waals surface area contributed by atoms with Crippen LogP contribution in [-0.4, -0.2) is 61.1 Å². The van der Waals surface area contributed by atoms with Crippen molar-refractivity contribution in [3.63, 3.8) is 0 Å². The lowest BCUT2D eigenvalue weighted by molar-refractivity contribution is -0.145. The molecule has 0 saturated carbocycles. The number of hydrogen-bond acceptors (Lipinski definition) is 6. The van der Waals surface area contributed by atoms with E-state index in [1.165, 1.54) is 0 Å². The number of thiocarbonyl (C=S) groups is 1. The summed E-state index contributed by atoms with van der Waals surface area (Å²) in [6.07, 6.45) is 1.62. The largest absolute Gasteiger partial charge is 0.493 e. The monoisotopic (exact) mass is 504 g/mol. The number of carbonyl (C=O) groups excluding carboxylic acids is 1. The van der Waals surface area contributed by atoms with E-state index in [9.17, 15) is 4.79 Å². The molecule has 0 aromatic heterocycles. The SMILES string of the molecule is COc1cc(/C=N/NC(=S)Nc2cccc(Cl)c2C)ccc1OCC(=O)N1CC(C)OC(C)C1. The summed E-state index contributed by atoms with van der Waals surface area (Å²) in [5.74, 6) is 0.884. The average Bonchev–Trinajstić information content (AvgIpc) is 2.80. The van der Waals surface area contributed by atoms with Crippen molar-refractivity contribution in [2.24, 2.45) is 5.10 Å². The predicted octanol–water partition coefficient (Wildman–Crippen LogP) is 3.99. The van der Waals surface area contributed by atoms with Crippen LogP contribution in [0.15, 0.2) is 41.5 Å². The Kier molecular flexibility index (Phi) is 9.09. The van der Waals surface area contributed by atoms with Gasteiger partial charge in [-0.3, -0.25) is 10.2 Å². The molecule has 182 valence electrons. The molecule has 2 aromatic rings. The zero-order valence-corrected chi connectivity index (χ0v) is 21.2. The van der Waals surface area contributed by atoms with Gasteiger partial charge in [-0.25, -0.2) is 0 Å². The minimum atomic E-state index is -0.0881. The molecule has 2 atom stereocenters. The van der Waals surface area contributed by atoms with E-state index in [0.29, 0.717) is 34.7 Å². The molecule has 1 amide bonds. The minimum Gasteiger partial charge on any atom is -0.493 e. The van der Waals surface area contributed by atoms with Gasteiger partial charge in [-0.15, -0.1) is 0 Å². The molecule has 2 N–H and O–H groups in total. The van der Waals surface area contributed by atoms with Crippen LogP contribution < -0.4 is 20.2 Å². The highest BCUT2D eigenvalue weighted by molar-refractivity contribution is 7.80. The van der Waals surface area contributed by atoms with Crippen molar-refractivity contribution in [2.75, 3.05) is 32.1 Å². The molecule has 1 aliphatic rings. The molecule has 1 heterocycles. The number of amides is 1. The predicted molar refractivity (Wildman–Crippen MR) is 138 cm³/mol. The number of morpholine rings is 1. The van der Waals surface area contributed by atoms with E-state index in [0.717, 1.165) is 16.8 Å². The van der Waals surface area contributed by atoms with Gasteiger partial charge >= 0.3 is 0 Å². The molecule has 3 rings (SSSR count). The van der Waals surface area contributed by atoms with Crippen molar-refractivity contribution in [3.8, 4) is 11.5 Å². The first kappa shape index (κ1) is 25.7. The van der Waals surface area contributed by atoms with Gasteiger partial charge in [0, 0.05) is 23.8 Å². The van der Waals surface area contributed by atoms with Crippen molar-refractivity contribution in [2.45, 2.75) is 33.0 Å². The molecule has 2 aromatic carbocycles. The van der Waals surface area contributed by atoms with Crippen LogP contribution in [0.1, 0.15) is 25.0 Å². The number of nitrogens with one attached hydrogen (secondary N) is 2. The molecule has 2 unspecified atom stereocenters. The molecule has 1 aliphatic heterocycles. The van der Waals surface area contributed by atoms with Crippen molar-refractivity contribution >= 4 is 46.7 Å². The Hall–Kier alpha value is -2.88. The van der Waals surface area contributed by atoms with Crippen LogP contribution in [0.5, 0.6) is 11.5 Å². The Balaban J connectivity index is 1.54. The topological polar surface area (TPSA) is 84.4 Å². The molecule has 0 spiro atoms. The van der Waals surface area contributed by atoms with Crippen LogP contribution in [0.4, 0.5) is 5.69 Å². The van der Waals surface area contributed by atoms with Crippen molar-refractivity contribution in [1.82, 2.24) is 10.3 Å². The number of methoxy groups -OCH3 is 1. The van der Waals surface area contributed by atoms with Crippen LogP contribution in [0, 0.1) is 6.92 Å². The quantitative estimate of drug-likeness (QED) is 0.335. The zero-order valence-electron chi connectivity index (χ0n) is 19.6. The second-order valence-electron chi connectivity index (χ2n) is 7.99.